The number of aryl methyl sites for hydroxylation is 2. The fourth-order valence-electron chi connectivity index (χ4n) is 4.16. The van der Waals surface area contributed by atoms with Crippen LogP contribution in [0.25, 0.3) is 0 Å². The van der Waals surface area contributed by atoms with Crippen LogP contribution in [-0.2, 0) is 18.3 Å². The van der Waals surface area contributed by atoms with Crippen molar-refractivity contribution in [1.29, 1.82) is 0 Å². The van der Waals surface area contributed by atoms with Crippen molar-refractivity contribution in [3.05, 3.63) is 45.5 Å². The topological polar surface area (TPSA) is 72.7 Å². The lowest BCUT2D eigenvalue weighted by molar-refractivity contribution is 0.301. The van der Waals surface area contributed by atoms with Crippen molar-refractivity contribution >= 4 is 5.82 Å². The average molecular weight is 367 g/mol. The van der Waals surface area contributed by atoms with E-state index in [0.717, 1.165) is 67.7 Å². The molecule has 6 heteroatoms. The molecular weight excluding hydrogens is 338 g/mol. The predicted octanol–water partition coefficient (Wildman–Crippen LogP) is 3.42. The van der Waals surface area contributed by atoms with E-state index >= 15 is 0 Å². The Kier molecular flexibility index (Phi) is 4.74. The Morgan fingerprint density at radius 3 is 2.52 bits per heavy atom. The lowest BCUT2D eigenvalue weighted by atomic mass is 9.91. The molecule has 2 aromatic heterocycles. The van der Waals surface area contributed by atoms with E-state index in [0.29, 0.717) is 6.04 Å². The summed E-state index contributed by atoms with van der Waals surface area (Å²) in [7, 11) is 0. The summed E-state index contributed by atoms with van der Waals surface area (Å²) in [5.74, 6) is 0.833. The van der Waals surface area contributed by atoms with Gasteiger partial charge in [0.15, 0.2) is 0 Å². The predicted molar refractivity (Wildman–Crippen MR) is 106 cm³/mol. The summed E-state index contributed by atoms with van der Waals surface area (Å²) in [6.07, 6.45) is 7.10. The van der Waals surface area contributed by atoms with E-state index in [1.54, 1.807) is 4.68 Å². The minimum absolute atomic E-state index is 0.0136. The maximum absolute atomic E-state index is 12.4. The molecule has 2 aliphatic carbocycles. The number of nitrogens with zero attached hydrogens (tertiary/aromatic N) is 4. The number of hydrogen-bond acceptors (Lipinski definition) is 5. The Hall–Kier alpha value is -2.24. The molecular formula is C21H29N5O. The highest BCUT2D eigenvalue weighted by Gasteiger charge is 2.26. The van der Waals surface area contributed by atoms with E-state index in [2.05, 4.69) is 47.5 Å². The molecule has 0 bridgehead atoms. The Morgan fingerprint density at radius 2 is 1.85 bits per heavy atom. The second-order valence-corrected chi connectivity index (χ2v) is 8.96. The molecule has 0 atom stereocenters. The zero-order chi connectivity index (χ0) is 19.0. The highest BCUT2D eigenvalue weighted by molar-refractivity contribution is 5.35. The molecule has 0 amide bonds. The van der Waals surface area contributed by atoms with E-state index in [-0.39, 0.29) is 17.0 Å². The highest BCUT2D eigenvalue weighted by Crippen LogP contribution is 2.29. The van der Waals surface area contributed by atoms with Gasteiger partial charge < -0.3 is 5.32 Å². The van der Waals surface area contributed by atoms with Crippen LogP contribution in [-0.4, -0.2) is 26.0 Å². The highest BCUT2D eigenvalue weighted by atomic mass is 16.1. The lowest BCUT2D eigenvalue weighted by Crippen LogP contribution is -2.34. The van der Waals surface area contributed by atoms with E-state index in [9.17, 15) is 4.79 Å². The van der Waals surface area contributed by atoms with E-state index in [4.69, 9.17) is 0 Å². The van der Waals surface area contributed by atoms with Crippen LogP contribution in [0.4, 0.5) is 5.82 Å². The van der Waals surface area contributed by atoms with Gasteiger partial charge in [0.05, 0.1) is 17.4 Å². The molecule has 2 aliphatic rings. The van der Waals surface area contributed by atoms with Gasteiger partial charge in [0, 0.05) is 17.5 Å². The Bertz CT molecular complexity index is 858. The second kappa shape index (κ2) is 7.06. The monoisotopic (exact) mass is 367 g/mol. The van der Waals surface area contributed by atoms with Crippen LogP contribution in [0.3, 0.4) is 0 Å². The minimum atomic E-state index is 0.0136. The summed E-state index contributed by atoms with van der Waals surface area (Å²) in [5, 5.41) is 16.9. The van der Waals surface area contributed by atoms with E-state index in [1.807, 2.05) is 12.1 Å². The maximum atomic E-state index is 12.4. The SMILES string of the molecule is CC(C)(C)c1ccc(NC2CCC(n3nc4c(cc3=O)CCC4)CC2)nn1. The van der Waals surface area contributed by atoms with Crippen LogP contribution in [0.15, 0.2) is 23.0 Å². The normalized spacial score (nSPS) is 22.5. The molecule has 1 fully saturated rings. The number of nitrogens with one attached hydrogen (secondary N) is 1. The van der Waals surface area contributed by atoms with Crippen molar-refractivity contribution < 1.29 is 0 Å². The van der Waals surface area contributed by atoms with Gasteiger partial charge in [0.25, 0.3) is 5.56 Å². The lowest BCUT2D eigenvalue weighted by Gasteiger charge is -2.30. The maximum Gasteiger partial charge on any atom is 0.267 e. The Labute approximate surface area is 160 Å². The third-order valence-electron chi connectivity index (χ3n) is 5.81. The van der Waals surface area contributed by atoms with Gasteiger partial charge in [-0.05, 0) is 62.6 Å². The number of anilines is 1. The number of hydrogen-bond donors (Lipinski definition) is 1. The first-order chi connectivity index (χ1) is 12.9. The fourth-order valence-corrected chi connectivity index (χ4v) is 4.16. The zero-order valence-electron chi connectivity index (χ0n) is 16.5. The largest absolute Gasteiger partial charge is 0.366 e. The summed E-state index contributed by atoms with van der Waals surface area (Å²) < 4.78 is 1.75. The number of rotatable bonds is 3. The quantitative estimate of drug-likeness (QED) is 0.900. The van der Waals surface area contributed by atoms with Crippen molar-refractivity contribution in [1.82, 2.24) is 20.0 Å². The Morgan fingerprint density at radius 1 is 1.07 bits per heavy atom. The second-order valence-electron chi connectivity index (χ2n) is 8.96. The summed E-state index contributed by atoms with van der Waals surface area (Å²) >= 11 is 0. The molecule has 0 aliphatic heterocycles. The van der Waals surface area contributed by atoms with Gasteiger partial charge in [0.2, 0.25) is 0 Å². The third-order valence-corrected chi connectivity index (χ3v) is 5.81. The molecule has 0 spiro atoms. The minimum Gasteiger partial charge on any atom is -0.366 e. The van der Waals surface area contributed by atoms with Gasteiger partial charge >= 0.3 is 0 Å². The fraction of sp³-hybridized carbons (Fsp3) is 0.619. The third kappa shape index (κ3) is 3.89. The summed E-state index contributed by atoms with van der Waals surface area (Å²) in [4.78, 5) is 12.4. The molecule has 2 aromatic rings. The summed E-state index contributed by atoms with van der Waals surface area (Å²) in [6, 6.07) is 6.48. The Balaban J connectivity index is 1.37. The first-order valence-electron chi connectivity index (χ1n) is 10.1. The summed E-state index contributed by atoms with van der Waals surface area (Å²) in [6.45, 7) is 6.42. The van der Waals surface area contributed by atoms with E-state index < -0.39 is 0 Å². The van der Waals surface area contributed by atoms with Crippen molar-refractivity contribution in [2.24, 2.45) is 0 Å². The van der Waals surface area contributed by atoms with Crippen LogP contribution < -0.4 is 10.9 Å². The van der Waals surface area contributed by atoms with E-state index in [1.165, 1.54) is 0 Å². The van der Waals surface area contributed by atoms with Crippen LogP contribution in [0.2, 0.25) is 0 Å². The standard InChI is InChI=1S/C21H29N5O/c1-21(2,3)18-11-12-19(24-23-18)22-15-7-9-16(10-8-15)26-20(27)13-14-5-4-6-17(14)25-26/h11-13,15-16H,4-10H2,1-3H3,(H,22,24). The summed E-state index contributed by atoms with van der Waals surface area (Å²) in [5.41, 5.74) is 3.36. The van der Waals surface area contributed by atoms with Gasteiger partial charge in [0.1, 0.15) is 5.82 Å². The smallest absolute Gasteiger partial charge is 0.267 e. The zero-order valence-corrected chi connectivity index (χ0v) is 16.5. The van der Waals surface area contributed by atoms with Gasteiger partial charge in [-0.2, -0.15) is 10.2 Å². The van der Waals surface area contributed by atoms with Gasteiger partial charge in [-0.3, -0.25) is 4.79 Å². The molecule has 6 nitrogen and oxygen atoms in total. The molecule has 2 heterocycles. The molecule has 0 aromatic carbocycles. The van der Waals surface area contributed by atoms with Crippen molar-refractivity contribution in [3.8, 4) is 0 Å². The molecule has 0 unspecified atom stereocenters. The molecule has 0 radical (unpaired) electrons. The first-order valence-corrected chi connectivity index (χ1v) is 10.1. The molecule has 1 saturated carbocycles. The van der Waals surface area contributed by atoms with Crippen LogP contribution in [0.1, 0.15) is 75.9 Å². The van der Waals surface area contributed by atoms with Crippen LogP contribution in [0.5, 0.6) is 0 Å². The van der Waals surface area contributed by atoms with Crippen molar-refractivity contribution in [3.63, 3.8) is 0 Å². The van der Waals surface area contributed by atoms with Crippen molar-refractivity contribution in [2.45, 2.75) is 83.2 Å². The molecule has 1 N–H and O–H groups in total. The van der Waals surface area contributed by atoms with Gasteiger partial charge in [-0.25, -0.2) is 4.68 Å². The number of fused-ring (bicyclic) bond motifs is 1. The van der Waals surface area contributed by atoms with Crippen LogP contribution in [0, 0.1) is 0 Å². The molecule has 4 rings (SSSR count). The van der Waals surface area contributed by atoms with Crippen LogP contribution >= 0.6 is 0 Å². The molecule has 0 saturated heterocycles. The van der Waals surface area contributed by atoms with Crippen molar-refractivity contribution in [2.75, 3.05) is 5.32 Å². The molecule has 144 valence electrons. The van der Waals surface area contributed by atoms with Gasteiger partial charge in [-0.1, -0.05) is 20.8 Å². The number of aromatic nitrogens is 4. The molecule has 27 heavy (non-hydrogen) atoms. The first kappa shape index (κ1) is 18.1. The van der Waals surface area contributed by atoms with Gasteiger partial charge in [-0.15, -0.1) is 5.10 Å². The average Bonchev–Trinajstić information content (AvgIpc) is 3.09.